The van der Waals surface area contributed by atoms with Gasteiger partial charge in [0.15, 0.2) is 0 Å². The van der Waals surface area contributed by atoms with Crippen molar-refractivity contribution >= 4 is 5.97 Å². The van der Waals surface area contributed by atoms with Crippen molar-refractivity contribution in [2.45, 2.75) is 76.0 Å². The minimum Gasteiger partial charge on any atom is -0.480 e. The molecule has 1 aliphatic carbocycles. The fraction of sp³-hybridized carbons (Fsp3) is 0.929. The van der Waals surface area contributed by atoms with Gasteiger partial charge in [0.2, 0.25) is 0 Å². The highest BCUT2D eigenvalue weighted by Gasteiger charge is 2.43. The van der Waals surface area contributed by atoms with Crippen LogP contribution < -0.4 is 5.32 Å². The van der Waals surface area contributed by atoms with E-state index in [9.17, 15) is 9.90 Å². The molecule has 18 heavy (non-hydrogen) atoms. The summed E-state index contributed by atoms with van der Waals surface area (Å²) >= 11 is 0. The van der Waals surface area contributed by atoms with Gasteiger partial charge in [-0.1, -0.05) is 25.7 Å². The number of nitrogens with one attached hydrogen (secondary N) is 1. The highest BCUT2D eigenvalue weighted by molar-refractivity contribution is 5.79. The van der Waals surface area contributed by atoms with E-state index < -0.39 is 11.5 Å². The molecule has 0 aromatic heterocycles. The maximum absolute atomic E-state index is 11.7. The lowest BCUT2D eigenvalue weighted by molar-refractivity contribution is -0.152. The Hall–Kier alpha value is -0.610. The maximum Gasteiger partial charge on any atom is 0.324 e. The van der Waals surface area contributed by atoms with Gasteiger partial charge in [-0.25, -0.2) is 0 Å². The fourth-order valence-electron chi connectivity index (χ4n) is 3.29. The van der Waals surface area contributed by atoms with Gasteiger partial charge < -0.3 is 9.84 Å². The van der Waals surface area contributed by atoms with Crippen LogP contribution in [-0.2, 0) is 9.53 Å². The Kier molecular flexibility index (Phi) is 4.62. The zero-order valence-electron chi connectivity index (χ0n) is 11.3. The molecule has 4 nitrogen and oxygen atoms in total. The summed E-state index contributed by atoms with van der Waals surface area (Å²) in [6.45, 7) is 2.51. The number of hydrogen-bond acceptors (Lipinski definition) is 3. The number of carboxylic acids is 1. The second kappa shape index (κ2) is 6.02. The summed E-state index contributed by atoms with van der Waals surface area (Å²) in [4.78, 5) is 11.7. The van der Waals surface area contributed by atoms with Gasteiger partial charge in [0, 0.05) is 19.1 Å². The molecule has 1 saturated carbocycles. The van der Waals surface area contributed by atoms with E-state index in [1.165, 1.54) is 25.7 Å². The van der Waals surface area contributed by atoms with Crippen molar-refractivity contribution in [2.75, 3.05) is 6.61 Å². The van der Waals surface area contributed by atoms with Crippen LogP contribution in [0, 0.1) is 0 Å². The van der Waals surface area contributed by atoms with E-state index in [0.29, 0.717) is 25.5 Å². The van der Waals surface area contributed by atoms with Crippen LogP contribution >= 0.6 is 0 Å². The number of aliphatic carboxylic acids is 1. The molecule has 1 saturated heterocycles. The molecular formula is C14H25NO3. The van der Waals surface area contributed by atoms with Gasteiger partial charge in [-0.05, 0) is 26.2 Å². The molecule has 2 fully saturated rings. The van der Waals surface area contributed by atoms with Crippen LogP contribution in [0.5, 0.6) is 0 Å². The van der Waals surface area contributed by atoms with Gasteiger partial charge in [-0.3, -0.25) is 10.1 Å². The number of carboxylic acid groups (broad SMARTS) is 1. The second-order valence-corrected chi connectivity index (χ2v) is 5.86. The van der Waals surface area contributed by atoms with Crippen LogP contribution in [0.1, 0.15) is 58.3 Å². The van der Waals surface area contributed by atoms with E-state index in [1.54, 1.807) is 0 Å². The Labute approximate surface area is 109 Å². The van der Waals surface area contributed by atoms with Crippen molar-refractivity contribution in [2.24, 2.45) is 0 Å². The lowest BCUT2D eigenvalue weighted by Gasteiger charge is -2.39. The zero-order chi connectivity index (χ0) is 13.0. The Morgan fingerprint density at radius 2 is 1.94 bits per heavy atom. The standard InChI is InChI=1S/C14H25NO3/c1-11-10-14(13(16)17,8-9-18-11)15-12-6-4-2-3-5-7-12/h11-12,15H,2-10H2,1H3,(H,16,17). The summed E-state index contributed by atoms with van der Waals surface area (Å²) in [7, 11) is 0. The average Bonchev–Trinajstić information content (AvgIpc) is 2.57. The largest absolute Gasteiger partial charge is 0.480 e. The molecule has 0 bridgehead atoms. The van der Waals surface area contributed by atoms with Crippen molar-refractivity contribution in [3.63, 3.8) is 0 Å². The predicted molar refractivity (Wildman–Crippen MR) is 69.6 cm³/mol. The summed E-state index contributed by atoms with van der Waals surface area (Å²) in [6.07, 6.45) is 8.46. The minimum absolute atomic E-state index is 0.0353. The molecule has 2 rings (SSSR count). The third-order valence-electron chi connectivity index (χ3n) is 4.31. The van der Waals surface area contributed by atoms with E-state index >= 15 is 0 Å². The smallest absolute Gasteiger partial charge is 0.324 e. The van der Waals surface area contributed by atoms with E-state index in [1.807, 2.05) is 6.92 Å². The summed E-state index contributed by atoms with van der Waals surface area (Å²) < 4.78 is 5.49. The van der Waals surface area contributed by atoms with Crippen LogP contribution in [0.2, 0.25) is 0 Å². The molecule has 0 spiro atoms. The molecule has 0 amide bonds. The molecule has 0 aromatic rings. The summed E-state index contributed by atoms with van der Waals surface area (Å²) in [5.41, 5.74) is -0.757. The lowest BCUT2D eigenvalue weighted by Crippen LogP contribution is -2.60. The van der Waals surface area contributed by atoms with Crippen molar-refractivity contribution in [3.8, 4) is 0 Å². The van der Waals surface area contributed by atoms with E-state index in [0.717, 1.165) is 12.8 Å². The quantitative estimate of drug-likeness (QED) is 0.760. The Morgan fingerprint density at radius 3 is 2.50 bits per heavy atom. The monoisotopic (exact) mass is 255 g/mol. The average molecular weight is 255 g/mol. The molecule has 2 atom stereocenters. The first-order valence-electron chi connectivity index (χ1n) is 7.25. The molecule has 104 valence electrons. The highest BCUT2D eigenvalue weighted by Crippen LogP contribution is 2.28. The summed E-state index contributed by atoms with van der Waals surface area (Å²) in [6, 6.07) is 0.369. The third kappa shape index (κ3) is 3.23. The molecule has 1 aliphatic heterocycles. The van der Waals surface area contributed by atoms with E-state index in [2.05, 4.69) is 5.32 Å². The van der Waals surface area contributed by atoms with Crippen LogP contribution in [0.3, 0.4) is 0 Å². The van der Waals surface area contributed by atoms with Gasteiger partial charge in [0.05, 0.1) is 6.10 Å². The fourth-order valence-corrected chi connectivity index (χ4v) is 3.29. The molecule has 2 N–H and O–H groups in total. The Morgan fingerprint density at radius 1 is 1.28 bits per heavy atom. The van der Waals surface area contributed by atoms with Gasteiger partial charge >= 0.3 is 5.97 Å². The number of rotatable bonds is 3. The molecule has 4 heteroatoms. The van der Waals surface area contributed by atoms with Gasteiger partial charge in [0.1, 0.15) is 5.54 Å². The van der Waals surface area contributed by atoms with Gasteiger partial charge in [-0.15, -0.1) is 0 Å². The highest BCUT2D eigenvalue weighted by atomic mass is 16.5. The van der Waals surface area contributed by atoms with Crippen molar-refractivity contribution in [3.05, 3.63) is 0 Å². The predicted octanol–water partition coefficient (Wildman–Crippen LogP) is 2.32. The van der Waals surface area contributed by atoms with Crippen molar-refractivity contribution in [1.29, 1.82) is 0 Å². The minimum atomic E-state index is -0.757. The number of ether oxygens (including phenoxy) is 1. The molecule has 2 aliphatic rings. The number of hydrogen-bond donors (Lipinski definition) is 2. The molecule has 0 radical (unpaired) electrons. The number of carbonyl (C=O) groups is 1. The second-order valence-electron chi connectivity index (χ2n) is 5.86. The Balaban J connectivity index is 2.02. The summed E-state index contributed by atoms with van der Waals surface area (Å²) in [5.74, 6) is -0.707. The molecular weight excluding hydrogens is 230 g/mol. The van der Waals surface area contributed by atoms with Gasteiger partial charge in [-0.2, -0.15) is 0 Å². The molecule has 0 aromatic carbocycles. The first-order chi connectivity index (χ1) is 8.62. The molecule has 2 unspecified atom stereocenters. The van der Waals surface area contributed by atoms with Gasteiger partial charge in [0.25, 0.3) is 0 Å². The van der Waals surface area contributed by atoms with Crippen LogP contribution in [0.15, 0.2) is 0 Å². The van der Waals surface area contributed by atoms with Crippen molar-refractivity contribution < 1.29 is 14.6 Å². The zero-order valence-corrected chi connectivity index (χ0v) is 11.3. The third-order valence-corrected chi connectivity index (χ3v) is 4.31. The van der Waals surface area contributed by atoms with E-state index in [4.69, 9.17) is 4.74 Å². The van der Waals surface area contributed by atoms with Crippen LogP contribution in [0.4, 0.5) is 0 Å². The van der Waals surface area contributed by atoms with Crippen molar-refractivity contribution in [1.82, 2.24) is 5.32 Å². The first-order valence-corrected chi connectivity index (χ1v) is 7.25. The van der Waals surface area contributed by atoms with E-state index in [-0.39, 0.29) is 6.10 Å². The first kappa shape index (κ1) is 13.8. The SMILES string of the molecule is CC1CC(NC2CCCCCC2)(C(=O)O)CCO1. The Bertz CT molecular complexity index is 287. The lowest BCUT2D eigenvalue weighted by atomic mass is 9.85. The topological polar surface area (TPSA) is 58.6 Å². The maximum atomic E-state index is 11.7. The van der Waals surface area contributed by atoms with Crippen LogP contribution in [-0.4, -0.2) is 35.4 Å². The normalized spacial score (nSPS) is 35.1. The van der Waals surface area contributed by atoms with Crippen LogP contribution in [0.25, 0.3) is 0 Å². The summed E-state index contributed by atoms with van der Waals surface area (Å²) in [5, 5.41) is 13.1. The molecule has 1 heterocycles.